The number of rotatable bonds is 5. The summed E-state index contributed by atoms with van der Waals surface area (Å²) in [6.07, 6.45) is 7.43. The van der Waals surface area contributed by atoms with Crippen LogP contribution in [0.3, 0.4) is 0 Å². The zero-order valence-corrected chi connectivity index (χ0v) is 10.3. The van der Waals surface area contributed by atoms with Crippen LogP contribution in [-0.4, -0.2) is 14.5 Å². The van der Waals surface area contributed by atoms with Crippen LogP contribution in [0.5, 0.6) is 0 Å². The predicted molar refractivity (Wildman–Crippen MR) is 67.4 cm³/mol. The lowest BCUT2D eigenvalue weighted by atomic mass is 10.1. The zero-order chi connectivity index (χ0) is 12.1. The van der Waals surface area contributed by atoms with Gasteiger partial charge in [-0.05, 0) is 31.5 Å². The van der Waals surface area contributed by atoms with Crippen molar-refractivity contribution in [3.05, 3.63) is 48.3 Å². The molecule has 4 heteroatoms. The molecule has 0 aromatic carbocycles. The first-order chi connectivity index (χ1) is 8.31. The highest BCUT2D eigenvalue weighted by Crippen LogP contribution is 2.11. The monoisotopic (exact) mass is 230 g/mol. The van der Waals surface area contributed by atoms with Crippen LogP contribution < -0.4 is 5.32 Å². The second-order valence-corrected chi connectivity index (χ2v) is 4.05. The Morgan fingerprint density at radius 1 is 1.29 bits per heavy atom. The van der Waals surface area contributed by atoms with E-state index in [1.807, 2.05) is 37.1 Å². The lowest BCUT2D eigenvalue weighted by Gasteiger charge is -2.14. The van der Waals surface area contributed by atoms with Crippen molar-refractivity contribution in [2.45, 2.75) is 33.0 Å². The van der Waals surface area contributed by atoms with Crippen molar-refractivity contribution in [1.29, 1.82) is 0 Å². The van der Waals surface area contributed by atoms with Crippen molar-refractivity contribution < 1.29 is 0 Å². The van der Waals surface area contributed by atoms with Crippen LogP contribution in [0.2, 0.25) is 0 Å². The van der Waals surface area contributed by atoms with Gasteiger partial charge in [0, 0.05) is 37.7 Å². The number of nitrogens with one attached hydrogen (secondary N) is 1. The van der Waals surface area contributed by atoms with Gasteiger partial charge in [-0.25, -0.2) is 4.98 Å². The normalized spacial score (nSPS) is 12.6. The Morgan fingerprint density at radius 2 is 2.06 bits per heavy atom. The molecule has 0 aliphatic carbocycles. The van der Waals surface area contributed by atoms with Gasteiger partial charge in [0.05, 0.1) is 12.0 Å². The van der Waals surface area contributed by atoms with Gasteiger partial charge >= 0.3 is 0 Å². The van der Waals surface area contributed by atoms with Gasteiger partial charge in [-0.15, -0.1) is 0 Å². The summed E-state index contributed by atoms with van der Waals surface area (Å²) in [5.41, 5.74) is 2.47. The zero-order valence-electron chi connectivity index (χ0n) is 10.3. The van der Waals surface area contributed by atoms with E-state index >= 15 is 0 Å². The standard InChI is InChI=1S/C13H18N4/c1-3-17-10-15-8-13(17)9-16-11(2)12-4-6-14-7-5-12/h4-8,10-11,16H,3,9H2,1-2H3. The van der Waals surface area contributed by atoms with E-state index in [9.17, 15) is 0 Å². The average molecular weight is 230 g/mol. The Labute approximate surface area is 102 Å². The average Bonchev–Trinajstić information content (AvgIpc) is 2.84. The molecule has 0 saturated carbocycles. The van der Waals surface area contributed by atoms with E-state index in [1.165, 1.54) is 11.3 Å². The minimum atomic E-state index is 0.318. The maximum atomic E-state index is 4.16. The van der Waals surface area contributed by atoms with Crippen LogP contribution in [0.15, 0.2) is 37.1 Å². The van der Waals surface area contributed by atoms with Crippen LogP contribution >= 0.6 is 0 Å². The SMILES string of the molecule is CCn1cncc1CNC(C)c1ccncc1. The molecule has 17 heavy (non-hydrogen) atoms. The first kappa shape index (κ1) is 11.8. The summed E-state index contributed by atoms with van der Waals surface area (Å²) in [6.45, 7) is 6.07. The number of aromatic nitrogens is 3. The Hall–Kier alpha value is -1.68. The summed E-state index contributed by atoms with van der Waals surface area (Å²) in [4.78, 5) is 8.18. The second kappa shape index (κ2) is 5.59. The second-order valence-electron chi connectivity index (χ2n) is 4.05. The van der Waals surface area contributed by atoms with E-state index in [0.29, 0.717) is 6.04 Å². The molecule has 0 aliphatic heterocycles. The number of aryl methyl sites for hydroxylation is 1. The Kier molecular flexibility index (Phi) is 3.88. The van der Waals surface area contributed by atoms with E-state index < -0.39 is 0 Å². The smallest absolute Gasteiger partial charge is 0.0948 e. The van der Waals surface area contributed by atoms with Crippen molar-refractivity contribution in [2.75, 3.05) is 0 Å². The van der Waals surface area contributed by atoms with Gasteiger partial charge in [0.1, 0.15) is 0 Å². The van der Waals surface area contributed by atoms with Crippen molar-refractivity contribution in [3.8, 4) is 0 Å². The molecule has 0 saturated heterocycles. The van der Waals surface area contributed by atoms with Crippen molar-refractivity contribution in [2.24, 2.45) is 0 Å². The maximum Gasteiger partial charge on any atom is 0.0948 e. The summed E-state index contributed by atoms with van der Waals surface area (Å²) in [5.74, 6) is 0. The Bertz CT molecular complexity index is 449. The van der Waals surface area contributed by atoms with Crippen LogP contribution in [-0.2, 0) is 13.1 Å². The molecule has 2 rings (SSSR count). The molecule has 1 N–H and O–H groups in total. The fourth-order valence-electron chi connectivity index (χ4n) is 1.81. The van der Waals surface area contributed by atoms with Gasteiger partial charge < -0.3 is 9.88 Å². The molecular weight excluding hydrogens is 212 g/mol. The lowest BCUT2D eigenvalue weighted by molar-refractivity contribution is 0.549. The molecular formula is C13H18N4. The van der Waals surface area contributed by atoms with E-state index in [0.717, 1.165) is 13.1 Å². The molecule has 4 nitrogen and oxygen atoms in total. The summed E-state index contributed by atoms with van der Waals surface area (Å²) < 4.78 is 2.15. The topological polar surface area (TPSA) is 42.7 Å². The van der Waals surface area contributed by atoms with Gasteiger partial charge in [0.2, 0.25) is 0 Å². The molecule has 0 amide bonds. The van der Waals surface area contributed by atoms with E-state index in [2.05, 4.69) is 33.7 Å². The minimum Gasteiger partial charge on any atom is -0.334 e. The van der Waals surface area contributed by atoms with Gasteiger partial charge in [-0.1, -0.05) is 0 Å². The van der Waals surface area contributed by atoms with E-state index in [-0.39, 0.29) is 0 Å². The molecule has 2 aromatic rings. The van der Waals surface area contributed by atoms with Crippen LogP contribution in [0, 0.1) is 0 Å². The van der Waals surface area contributed by atoms with Crippen LogP contribution in [0.4, 0.5) is 0 Å². The molecule has 1 atom stereocenters. The predicted octanol–water partition coefficient (Wildman–Crippen LogP) is 2.15. The van der Waals surface area contributed by atoms with Gasteiger partial charge in [0.15, 0.2) is 0 Å². The summed E-state index contributed by atoms with van der Waals surface area (Å²) in [5, 5.41) is 3.49. The highest BCUT2D eigenvalue weighted by Gasteiger charge is 2.06. The van der Waals surface area contributed by atoms with Crippen molar-refractivity contribution >= 4 is 0 Å². The number of nitrogens with zero attached hydrogens (tertiary/aromatic N) is 3. The Morgan fingerprint density at radius 3 is 2.76 bits per heavy atom. The third-order valence-electron chi connectivity index (χ3n) is 2.93. The third kappa shape index (κ3) is 2.91. The molecule has 0 fully saturated rings. The van der Waals surface area contributed by atoms with Gasteiger partial charge in [0.25, 0.3) is 0 Å². The molecule has 0 spiro atoms. The summed E-state index contributed by atoms with van der Waals surface area (Å²) in [6, 6.07) is 4.39. The fraction of sp³-hybridized carbons (Fsp3) is 0.385. The fourth-order valence-corrected chi connectivity index (χ4v) is 1.81. The lowest BCUT2D eigenvalue weighted by Crippen LogP contribution is -2.19. The quantitative estimate of drug-likeness (QED) is 0.855. The largest absolute Gasteiger partial charge is 0.334 e. The number of hydrogen-bond acceptors (Lipinski definition) is 3. The molecule has 0 aliphatic rings. The minimum absolute atomic E-state index is 0.318. The molecule has 0 bridgehead atoms. The molecule has 0 radical (unpaired) electrons. The molecule has 2 heterocycles. The highest BCUT2D eigenvalue weighted by molar-refractivity contribution is 5.14. The molecule has 90 valence electrons. The van der Waals surface area contributed by atoms with Crippen molar-refractivity contribution in [1.82, 2.24) is 19.9 Å². The molecule has 1 unspecified atom stereocenters. The summed E-state index contributed by atoms with van der Waals surface area (Å²) >= 11 is 0. The number of hydrogen-bond donors (Lipinski definition) is 1. The van der Waals surface area contributed by atoms with Gasteiger partial charge in [-0.2, -0.15) is 0 Å². The van der Waals surface area contributed by atoms with Gasteiger partial charge in [-0.3, -0.25) is 4.98 Å². The van der Waals surface area contributed by atoms with E-state index in [4.69, 9.17) is 0 Å². The highest BCUT2D eigenvalue weighted by atomic mass is 15.1. The van der Waals surface area contributed by atoms with Crippen molar-refractivity contribution in [3.63, 3.8) is 0 Å². The maximum absolute atomic E-state index is 4.16. The van der Waals surface area contributed by atoms with Crippen LogP contribution in [0.25, 0.3) is 0 Å². The number of pyridine rings is 1. The number of imidazole rings is 1. The van der Waals surface area contributed by atoms with E-state index in [1.54, 1.807) is 0 Å². The Balaban J connectivity index is 1.95. The molecule has 2 aromatic heterocycles. The first-order valence-electron chi connectivity index (χ1n) is 5.93. The summed E-state index contributed by atoms with van der Waals surface area (Å²) in [7, 11) is 0. The third-order valence-corrected chi connectivity index (χ3v) is 2.93. The van der Waals surface area contributed by atoms with Crippen LogP contribution in [0.1, 0.15) is 31.1 Å². The first-order valence-corrected chi connectivity index (χ1v) is 5.93.